The first-order valence-electron chi connectivity index (χ1n) is 6.96. The van der Waals surface area contributed by atoms with E-state index in [4.69, 9.17) is 0 Å². The van der Waals surface area contributed by atoms with Crippen LogP contribution in [-0.2, 0) is 6.42 Å². The quantitative estimate of drug-likeness (QED) is 0.906. The normalized spacial score (nSPS) is 18.7. The van der Waals surface area contributed by atoms with Crippen molar-refractivity contribution in [1.82, 2.24) is 10.3 Å². The van der Waals surface area contributed by atoms with Crippen LogP contribution < -0.4 is 5.32 Å². The Morgan fingerprint density at radius 1 is 1.10 bits per heavy atom. The molecule has 1 aromatic carbocycles. The third-order valence-electron chi connectivity index (χ3n) is 3.87. The van der Waals surface area contributed by atoms with Crippen molar-refractivity contribution in [1.29, 1.82) is 0 Å². The number of fused-ring (bicyclic) bond motifs is 1. The second kappa shape index (κ2) is 8.46. The van der Waals surface area contributed by atoms with Gasteiger partial charge in [0.1, 0.15) is 0 Å². The molecule has 0 amide bonds. The molecule has 0 bridgehead atoms. The fourth-order valence-electron chi connectivity index (χ4n) is 2.86. The summed E-state index contributed by atoms with van der Waals surface area (Å²) in [4.78, 5) is 4.55. The minimum atomic E-state index is 0. The minimum absolute atomic E-state index is 0. The Labute approximate surface area is 133 Å². The number of hydrogen-bond donors (Lipinski definition) is 1. The predicted octanol–water partition coefficient (Wildman–Crippen LogP) is 4.01. The van der Waals surface area contributed by atoms with E-state index in [1.54, 1.807) is 0 Å². The molecular weight excluding hydrogens is 291 g/mol. The van der Waals surface area contributed by atoms with Crippen molar-refractivity contribution in [2.24, 2.45) is 5.92 Å². The van der Waals surface area contributed by atoms with Crippen LogP contribution in [-0.4, -0.2) is 18.1 Å². The van der Waals surface area contributed by atoms with E-state index in [1.807, 2.05) is 6.07 Å². The molecule has 1 aliphatic rings. The molecule has 20 heavy (non-hydrogen) atoms. The zero-order valence-corrected chi connectivity index (χ0v) is 13.2. The molecular formula is C16H22Cl2N2. The third-order valence-corrected chi connectivity index (χ3v) is 3.87. The molecule has 3 rings (SSSR count). The Hall–Kier alpha value is -0.830. The van der Waals surface area contributed by atoms with Gasteiger partial charge < -0.3 is 5.32 Å². The topological polar surface area (TPSA) is 24.9 Å². The highest BCUT2D eigenvalue weighted by atomic mass is 35.5. The third kappa shape index (κ3) is 4.34. The van der Waals surface area contributed by atoms with E-state index in [0.29, 0.717) is 0 Å². The highest BCUT2D eigenvalue weighted by Gasteiger charge is 2.12. The highest BCUT2D eigenvalue weighted by molar-refractivity contribution is 5.85. The molecule has 4 heteroatoms. The SMILES string of the molecule is Cl.Cl.c1ccc2ncc(CC3CCCNCC3)cc2c1. The number of aromatic nitrogens is 1. The first kappa shape index (κ1) is 17.2. The first-order chi connectivity index (χ1) is 8.92. The Morgan fingerprint density at radius 2 is 1.95 bits per heavy atom. The van der Waals surface area contributed by atoms with Crippen LogP contribution in [0.2, 0.25) is 0 Å². The van der Waals surface area contributed by atoms with Crippen molar-refractivity contribution in [2.45, 2.75) is 25.7 Å². The summed E-state index contributed by atoms with van der Waals surface area (Å²) in [6.45, 7) is 2.36. The average Bonchev–Trinajstić information content (AvgIpc) is 2.67. The molecule has 2 nitrogen and oxygen atoms in total. The van der Waals surface area contributed by atoms with Crippen LogP contribution in [0.3, 0.4) is 0 Å². The number of nitrogens with one attached hydrogen (secondary N) is 1. The summed E-state index contributed by atoms with van der Waals surface area (Å²) in [5.74, 6) is 0.822. The molecule has 0 aliphatic carbocycles. The number of rotatable bonds is 2. The maximum absolute atomic E-state index is 4.55. The molecule has 1 atom stereocenters. The molecule has 1 saturated heterocycles. The fourth-order valence-corrected chi connectivity index (χ4v) is 2.86. The number of hydrogen-bond acceptors (Lipinski definition) is 2. The molecule has 1 N–H and O–H groups in total. The van der Waals surface area contributed by atoms with Gasteiger partial charge in [0.05, 0.1) is 5.52 Å². The predicted molar refractivity (Wildman–Crippen MR) is 90.2 cm³/mol. The Bertz CT molecular complexity index is 523. The molecule has 2 aromatic rings. The number of pyridine rings is 1. The number of benzene rings is 1. The standard InChI is InChI=1S/C16H20N2.2ClH/c1-2-6-16-15(5-1)11-14(12-18-16)10-13-4-3-8-17-9-7-13;;/h1-2,5-6,11-13,17H,3-4,7-10H2;2*1H. The fraction of sp³-hybridized carbons (Fsp3) is 0.438. The highest BCUT2D eigenvalue weighted by Crippen LogP contribution is 2.21. The van der Waals surface area contributed by atoms with Crippen LogP contribution in [0.5, 0.6) is 0 Å². The van der Waals surface area contributed by atoms with Gasteiger partial charge in [0.2, 0.25) is 0 Å². The Kier molecular flexibility index (Phi) is 7.28. The van der Waals surface area contributed by atoms with E-state index in [1.165, 1.54) is 49.7 Å². The lowest BCUT2D eigenvalue weighted by atomic mass is 9.93. The number of halogens is 2. The summed E-state index contributed by atoms with van der Waals surface area (Å²) < 4.78 is 0. The molecule has 110 valence electrons. The van der Waals surface area contributed by atoms with Gasteiger partial charge in [0.25, 0.3) is 0 Å². The summed E-state index contributed by atoms with van der Waals surface area (Å²) >= 11 is 0. The summed E-state index contributed by atoms with van der Waals surface area (Å²) in [5.41, 5.74) is 2.49. The summed E-state index contributed by atoms with van der Waals surface area (Å²) in [7, 11) is 0. The average molecular weight is 313 g/mol. The number of nitrogens with zero attached hydrogens (tertiary/aromatic N) is 1. The van der Waals surface area contributed by atoms with Gasteiger partial charge in [0.15, 0.2) is 0 Å². The van der Waals surface area contributed by atoms with Crippen LogP contribution in [0.15, 0.2) is 36.5 Å². The molecule has 1 fully saturated rings. The number of para-hydroxylation sites is 1. The molecule has 1 aromatic heterocycles. The molecule has 0 radical (unpaired) electrons. The van der Waals surface area contributed by atoms with Gasteiger partial charge in [-0.15, -0.1) is 24.8 Å². The van der Waals surface area contributed by atoms with Crippen molar-refractivity contribution >= 4 is 35.7 Å². The van der Waals surface area contributed by atoms with Crippen LogP contribution >= 0.6 is 24.8 Å². The Balaban J connectivity index is 0.000001000. The Morgan fingerprint density at radius 3 is 2.85 bits per heavy atom. The van der Waals surface area contributed by atoms with Crippen molar-refractivity contribution in [3.63, 3.8) is 0 Å². The van der Waals surface area contributed by atoms with Crippen LogP contribution in [0, 0.1) is 5.92 Å². The maximum Gasteiger partial charge on any atom is 0.0702 e. The molecule has 0 saturated carbocycles. The van der Waals surface area contributed by atoms with Crippen LogP contribution in [0.4, 0.5) is 0 Å². The van der Waals surface area contributed by atoms with Crippen molar-refractivity contribution < 1.29 is 0 Å². The van der Waals surface area contributed by atoms with Crippen molar-refractivity contribution in [3.8, 4) is 0 Å². The van der Waals surface area contributed by atoms with Crippen molar-refractivity contribution in [3.05, 3.63) is 42.1 Å². The smallest absolute Gasteiger partial charge is 0.0702 e. The lowest BCUT2D eigenvalue weighted by molar-refractivity contribution is 0.470. The van der Waals surface area contributed by atoms with Crippen LogP contribution in [0.1, 0.15) is 24.8 Å². The van der Waals surface area contributed by atoms with E-state index in [0.717, 1.165) is 11.4 Å². The van der Waals surface area contributed by atoms with E-state index in [-0.39, 0.29) is 24.8 Å². The summed E-state index contributed by atoms with van der Waals surface area (Å²) in [6, 6.07) is 10.7. The minimum Gasteiger partial charge on any atom is -0.317 e. The van der Waals surface area contributed by atoms with Gasteiger partial charge in [-0.2, -0.15) is 0 Å². The van der Waals surface area contributed by atoms with Gasteiger partial charge in [-0.05, 0) is 62.4 Å². The zero-order valence-electron chi connectivity index (χ0n) is 11.5. The maximum atomic E-state index is 4.55. The second-order valence-electron chi connectivity index (χ2n) is 5.29. The summed E-state index contributed by atoms with van der Waals surface area (Å²) in [5, 5.41) is 4.74. The lowest BCUT2D eigenvalue weighted by Gasteiger charge is -2.13. The van der Waals surface area contributed by atoms with E-state index < -0.39 is 0 Å². The molecule has 1 aliphatic heterocycles. The van der Waals surface area contributed by atoms with Gasteiger partial charge >= 0.3 is 0 Å². The van der Waals surface area contributed by atoms with Crippen molar-refractivity contribution in [2.75, 3.05) is 13.1 Å². The lowest BCUT2D eigenvalue weighted by Crippen LogP contribution is -2.14. The monoisotopic (exact) mass is 312 g/mol. The largest absolute Gasteiger partial charge is 0.317 e. The molecule has 0 spiro atoms. The first-order valence-corrected chi connectivity index (χ1v) is 6.96. The molecule has 2 heterocycles. The summed E-state index contributed by atoms with van der Waals surface area (Å²) in [6.07, 6.45) is 7.19. The van der Waals surface area contributed by atoms with Crippen LogP contribution in [0.25, 0.3) is 10.9 Å². The van der Waals surface area contributed by atoms with Gasteiger partial charge in [-0.3, -0.25) is 4.98 Å². The van der Waals surface area contributed by atoms with Gasteiger partial charge in [-0.1, -0.05) is 18.2 Å². The van der Waals surface area contributed by atoms with E-state index >= 15 is 0 Å². The zero-order chi connectivity index (χ0) is 12.2. The van der Waals surface area contributed by atoms with Gasteiger partial charge in [0, 0.05) is 11.6 Å². The molecule has 1 unspecified atom stereocenters. The van der Waals surface area contributed by atoms with E-state index in [9.17, 15) is 0 Å². The second-order valence-corrected chi connectivity index (χ2v) is 5.29. The van der Waals surface area contributed by atoms with E-state index in [2.05, 4.69) is 40.8 Å². The van der Waals surface area contributed by atoms with Gasteiger partial charge in [-0.25, -0.2) is 0 Å².